The molecule has 21 heavy (non-hydrogen) atoms. The van der Waals surface area contributed by atoms with Gasteiger partial charge in [-0.25, -0.2) is 4.79 Å². The lowest BCUT2D eigenvalue weighted by Gasteiger charge is -2.19. The molecular formula is C11H19N3O7. The summed E-state index contributed by atoms with van der Waals surface area (Å²) in [4.78, 5) is 43.7. The van der Waals surface area contributed by atoms with E-state index in [1.54, 1.807) is 0 Å². The number of carbonyl (C=O) groups excluding carboxylic acids is 1. The van der Waals surface area contributed by atoms with Gasteiger partial charge in [-0.05, 0) is 19.3 Å². The summed E-state index contributed by atoms with van der Waals surface area (Å²) in [7, 11) is 0. The number of hydrogen-bond donors (Lipinski definition) is 5. The van der Waals surface area contributed by atoms with Crippen LogP contribution in [0.3, 0.4) is 0 Å². The largest absolute Gasteiger partial charge is 0.480 e. The molecule has 0 rings (SSSR count). The van der Waals surface area contributed by atoms with Gasteiger partial charge >= 0.3 is 23.9 Å². The Kier molecular flexibility index (Phi) is 8.46. The number of aliphatic carboxylic acids is 3. The Hall–Kier alpha value is -2.36. The van der Waals surface area contributed by atoms with E-state index in [2.05, 4.69) is 5.32 Å². The van der Waals surface area contributed by atoms with Crippen molar-refractivity contribution in [2.24, 2.45) is 5.73 Å². The fourth-order valence-electron chi connectivity index (χ4n) is 1.45. The SMILES string of the molecule is NC(CCCCNC(=O)N(CC(=O)O)CC(=O)O)C(=O)O. The lowest BCUT2D eigenvalue weighted by Crippen LogP contribution is -2.45. The molecule has 0 fully saturated rings. The van der Waals surface area contributed by atoms with Crippen molar-refractivity contribution >= 4 is 23.9 Å². The zero-order valence-electron chi connectivity index (χ0n) is 11.3. The van der Waals surface area contributed by atoms with Gasteiger partial charge in [-0.2, -0.15) is 0 Å². The smallest absolute Gasteiger partial charge is 0.323 e. The lowest BCUT2D eigenvalue weighted by molar-refractivity contribution is -0.141. The van der Waals surface area contributed by atoms with E-state index < -0.39 is 43.1 Å². The van der Waals surface area contributed by atoms with Crippen LogP contribution in [-0.4, -0.2) is 69.8 Å². The van der Waals surface area contributed by atoms with Crippen LogP contribution >= 0.6 is 0 Å². The summed E-state index contributed by atoms with van der Waals surface area (Å²) in [6, 6.07) is -1.77. The maximum Gasteiger partial charge on any atom is 0.323 e. The minimum atomic E-state index is -1.32. The number of carbonyl (C=O) groups is 4. The molecule has 0 aliphatic heterocycles. The van der Waals surface area contributed by atoms with Crippen molar-refractivity contribution in [3.63, 3.8) is 0 Å². The molecule has 1 unspecified atom stereocenters. The molecule has 0 aliphatic rings. The van der Waals surface area contributed by atoms with Crippen LogP contribution in [0.5, 0.6) is 0 Å². The summed E-state index contributed by atoms with van der Waals surface area (Å²) in [6.07, 6.45) is 1.16. The molecule has 0 heterocycles. The van der Waals surface area contributed by atoms with E-state index in [-0.39, 0.29) is 13.0 Å². The maximum absolute atomic E-state index is 11.6. The van der Waals surface area contributed by atoms with Crippen molar-refractivity contribution < 1.29 is 34.5 Å². The van der Waals surface area contributed by atoms with Crippen molar-refractivity contribution in [3.05, 3.63) is 0 Å². The average molecular weight is 305 g/mol. The van der Waals surface area contributed by atoms with Crippen molar-refractivity contribution in [2.45, 2.75) is 25.3 Å². The number of nitrogens with one attached hydrogen (secondary N) is 1. The predicted molar refractivity (Wildman–Crippen MR) is 69.7 cm³/mol. The number of carboxylic acid groups (broad SMARTS) is 3. The zero-order chi connectivity index (χ0) is 16.4. The van der Waals surface area contributed by atoms with Crippen LogP contribution < -0.4 is 11.1 Å². The first-order valence-corrected chi connectivity index (χ1v) is 6.18. The van der Waals surface area contributed by atoms with Crippen molar-refractivity contribution in [1.29, 1.82) is 0 Å². The highest BCUT2D eigenvalue weighted by Crippen LogP contribution is 1.99. The van der Waals surface area contributed by atoms with E-state index in [4.69, 9.17) is 21.1 Å². The Labute approximate surface area is 120 Å². The molecule has 0 saturated carbocycles. The van der Waals surface area contributed by atoms with E-state index >= 15 is 0 Å². The molecule has 10 heteroatoms. The molecule has 0 spiro atoms. The average Bonchev–Trinajstić information content (AvgIpc) is 2.35. The summed E-state index contributed by atoms with van der Waals surface area (Å²) in [6.45, 7) is -1.27. The number of nitrogens with two attached hydrogens (primary N) is 1. The minimum Gasteiger partial charge on any atom is -0.480 e. The molecular weight excluding hydrogens is 286 g/mol. The highest BCUT2D eigenvalue weighted by Gasteiger charge is 2.19. The van der Waals surface area contributed by atoms with Gasteiger partial charge in [0.1, 0.15) is 19.1 Å². The highest BCUT2D eigenvalue weighted by atomic mass is 16.4. The Morgan fingerprint density at radius 3 is 1.95 bits per heavy atom. The number of amides is 2. The first-order valence-electron chi connectivity index (χ1n) is 6.18. The van der Waals surface area contributed by atoms with Gasteiger partial charge in [0.25, 0.3) is 0 Å². The highest BCUT2D eigenvalue weighted by molar-refractivity contribution is 5.84. The monoisotopic (exact) mass is 305 g/mol. The first kappa shape index (κ1) is 18.6. The zero-order valence-corrected chi connectivity index (χ0v) is 11.3. The second-order valence-electron chi connectivity index (χ2n) is 4.32. The molecule has 0 radical (unpaired) electrons. The molecule has 0 aromatic carbocycles. The lowest BCUT2D eigenvalue weighted by atomic mass is 10.1. The fourth-order valence-corrected chi connectivity index (χ4v) is 1.45. The van der Waals surface area contributed by atoms with Crippen LogP contribution in [-0.2, 0) is 14.4 Å². The number of nitrogens with zero attached hydrogens (tertiary/aromatic N) is 1. The van der Waals surface area contributed by atoms with E-state index in [0.717, 1.165) is 0 Å². The second kappa shape index (κ2) is 9.53. The summed E-state index contributed by atoms with van der Waals surface area (Å²) in [5.74, 6) is -3.74. The third kappa shape index (κ3) is 9.21. The minimum absolute atomic E-state index is 0.168. The summed E-state index contributed by atoms with van der Waals surface area (Å²) >= 11 is 0. The Morgan fingerprint density at radius 2 is 1.52 bits per heavy atom. The van der Waals surface area contributed by atoms with E-state index in [1.165, 1.54) is 0 Å². The molecule has 120 valence electrons. The standard InChI is InChI=1S/C11H19N3O7/c12-7(10(19)20)3-1-2-4-13-11(21)14(5-8(15)16)6-9(17)18/h7H,1-6,12H2,(H,13,21)(H,15,16)(H,17,18)(H,19,20). The molecule has 0 aromatic heterocycles. The molecule has 6 N–H and O–H groups in total. The van der Waals surface area contributed by atoms with Crippen molar-refractivity contribution in [3.8, 4) is 0 Å². The second-order valence-corrected chi connectivity index (χ2v) is 4.32. The van der Waals surface area contributed by atoms with Gasteiger partial charge in [-0.3, -0.25) is 14.4 Å². The fraction of sp³-hybridized carbons (Fsp3) is 0.636. The molecule has 2 amide bonds. The van der Waals surface area contributed by atoms with Gasteiger partial charge in [0, 0.05) is 6.54 Å². The van der Waals surface area contributed by atoms with Gasteiger partial charge in [-0.1, -0.05) is 0 Å². The Balaban J connectivity index is 4.05. The Morgan fingerprint density at radius 1 is 1.00 bits per heavy atom. The topological polar surface area (TPSA) is 170 Å². The molecule has 0 bridgehead atoms. The maximum atomic E-state index is 11.6. The van der Waals surface area contributed by atoms with Gasteiger partial charge in [0.05, 0.1) is 0 Å². The third-order valence-corrected chi connectivity index (χ3v) is 2.47. The third-order valence-electron chi connectivity index (χ3n) is 2.47. The molecule has 10 nitrogen and oxygen atoms in total. The number of carboxylic acids is 3. The number of hydrogen-bond acceptors (Lipinski definition) is 5. The number of urea groups is 1. The van der Waals surface area contributed by atoms with Crippen LogP contribution in [0, 0.1) is 0 Å². The summed E-state index contributed by atoms with van der Waals surface area (Å²) in [5.41, 5.74) is 5.29. The number of rotatable bonds is 10. The van der Waals surface area contributed by atoms with Crippen LogP contribution in [0.25, 0.3) is 0 Å². The van der Waals surface area contributed by atoms with Gasteiger partial charge in [0.15, 0.2) is 0 Å². The van der Waals surface area contributed by atoms with Gasteiger partial charge in [0.2, 0.25) is 0 Å². The van der Waals surface area contributed by atoms with Crippen LogP contribution in [0.4, 0.5) is 4.79 Å². The molecule has 0 aromatic rings. The van der Waals surface area contributed by atoms with E-state index in [0.29, 0.717) is 17.7 Å². The normalized spacial score (nSPS) is 11.5. The van der Waals surface area contributed by atoms with Crippen LogP contribution in [0.2, 0.25) is 0 Å². The van der Waals surface area contributed by atoms with Gasteiger partial charge < -0.3 is 31.3 Å². The molecule has 1 atom stereocenters. The molecule has 0 saturated heterocycles. The number of unbranched alkanes of at least 4 members (excludes halogenated alkanes) is 1. The van der Waals surface area contributed by atoms with Crippen LogP contribution in [0.1, 0.15) is 19.3 Å². The van der Waals surface area contributed by atoms with E-state index in [1.807, 2.05) is 0 Å². The summed E-state index contributed by atoms with van der Waals surface area (Å²) < 4.78 is 0. The van der Waals surface area contributed by atoms with E-state index in [9.17, 15) is 19.2 Å². The van der Waals surface area contributed by atoms with Crippen molar-refractivity contribution in [2.75, 3.05) is 19.6 Å². The first-order chi connectivity index (χ1) is 9.73. The quantitative estimate of drug-likeness (QED) is 0.311. The van der Waals surface area contributed by atoms with Crippen molar-refractivity contribution in [1.82, 2.24) is 10.2 Å². The van der Waals surface area contributed by atoms with Gasteiger partial charge in [-0.15, -0.1) is 0 Å². The Bertz CT molecular complexity index is 383. The van der Waals surface area contributed by atoms with Crippen LogP contribution in [0.15, 0.2) is 0 Å². The summed E-state index contributed by atoms with van der Waals surface area (Å²) in [5, 5.41) is 28.1. The molecule has 0 aliphatic carbocycles. The predicted octanol–water partition coefficient (Wildman–Crippen LogP) is -1.25.